The van der Waals surface area contributed by atoms with Crippen LogP contribution in [-0.4, -0.2) is 39.0 Å². The maximum atomic E-state index is 12.6. The minimum atomic E-state index is -0.911. The van der Waals surface area contributed by atoms with Crippen LogP contribution in [0.1, 0.15) is 48.9 Å². The lowest BCUT2D eigenvalue weighted by molar-refractivity contribution is -0.137. The first-order chi connectivity index (χ1) is 9.12. The van der Waals surface area contributed by atoms with E-state index in [0.29, 0.717) is 11.3 Å². The molecular weight excluding hydrogens is 256 g/mol. The van der Waals surface area contributed by atoms with Crippen LogP contribution in [0.4, 0.5) is 0 Å². The number of carboxylic acids is 1. The van der Waals surface area contributed by atoms with Gasteiger partial charge in [-0.3, -0.25) is 14.6 Å². The summed E-state index contributed by atoms with van der Waals surface area (Å²) in [5.41, 5.74) is 1.60. The van der Waals surface area contributed by atoms with Crippen molar-refractivity contribution >= 4 is 11.9 Å². The largest absolute Gasteiger partial charge is 0.481 e. The Kier molecular flexibility index (Phi) is 4.87. The second-order valence-corrected chi connectivity index (χ2v) is 5.86. The molecule has 5 heteroatoms. The van der Waals surface area contributed by atoms with E-state index in [-0.39, 0.29) is 18.9 Å². The fourth-order valence-electron chi connectivity index (χ4n) is 2.01. The maximum absolute atomic E-state index is 12.6. The Bertz CT molecular complexity index is 518. The predicted molar refractivity (Wildman–Crippen MR) is 76.8 cm³/mol. The molecule has 1 rings (SSSR count). The zero-order chi connectivity index (χ0) is 15.5. The number of aromatic nitrogens is 1. The van der Waals surface area contributed by atoms with Crippen LogP contribution in [0.25, 0.3) is 0 Å². The van der Waals surface area contributed by atoms with Gasteiger partial charge in [-0.15, -0.1) is 0 Å². The maximum Gasteiger partial charge on any atom is 0.305 e. The van der Waals surface area contributed by atoms with Gasteiger partial charge in [0.05, 0.1) is 17.7 Å². The summed E-state index contributed by atoms with van der Waals surface area (Å²) in [4.78, 5) is 29.3. The van der Waals surface area contributed by atoms with Gasteiger partial charge >= 0.3 is 5.97 Å². The number of hydrogen-bond donors (Lipinski definition) is 1. The third kappa shape index (κ3) is 4.05. The number of carbonyl (C=O) groups excluding carboxylic acids is 1. The fraction of sp³-hybridized carbons (Fsp3) is 0.533. The summed E-state index contributed by atoms with van der Waals surface area (Å²) in [5, 5.41) is 8.82. The van der Waals surface area contributed by atoms with Gasteiger partial charge in [-0.25, -0.2) is 0 Å². The van der Waals surface area contributed by atoms with Crippen molar-refractivity contribution in [2.24, 2.45) is 0 Å². The Labute approximate surface area is 119 Å². The lowest BCUT2D eigenvalue weighted by Crippen LogP contribution is -2.46. The molecule has 0 aliphatic heterocycles. The number of carboxylic acid groups (broad SMARTS) is 1. The second-order valence-electron chi connectivity index (χ2n) is 5.86. The van der Waals surface area contributed by atoms with E-state index in [2.05, 4.69) is 4.98 Å². The molecule has 0 saturated carbocycles. The highest BCUT2D eigenvalue weighted by Crippen LogP contribution is 2.19. The number of carbonyl (C=O) groups is 2. The Hall–Kier alpha value is -1.91. The molecule has 5 nitrogen and oxygen atoms in total. The Morgan fingerprint density at radius 1 is 1.25 bits per heavy atom. The number of aryl methyl sites for hydroxylation is 2. The van der Waals surface area contributed by atoms with E-state index < -0.39 is 11.5 Å². The first-order valence-electron chi connectivity index (χ1n) is 6.61. The van der Waals surface area contributed by atoms with E-state index in [1.54, 1.807) is 24.0 Å². The predicted octanol–water partition coefficient (Wildman–Crippen LogP) is 2.41. The molecular formula is C15H22N2O3. The van der Waals surface area contributed by atoms with Gasteiger partial charge in [0.1, 0.15) is 0 Å². The molecule has 0 bridgehead atoms. The molecule has 0 spiro atoms. The molecule has 0 radical (unpaired) electrons. The van der Waals surface area contributed by atoms with Crippen LogP contribution in [0, 0.1) is 13.8 Å². The third-order valence-electron chi connectivity index (χ3n) is 3.06. The lowest BCUT2D eigenvalue weighted by atomic mass is 10.0. The summed E-state index contributed by atoms with van der Waals surface area (Å²) in [6.07, 6.45) is -0.0681. The van der Waals surface area contributed by atoms with Crippen molar-refractivity contribution in [2.75, 3.05) is 6.54 Å². The van der Waals surface area contributed by atoms with E-state index in [4.69, 9.17) is 5.11 Å². The van der Waals surface area contributed by atoms with E-state index in [1.807, 2.05) is 27.7 Å². The number of amides is 1. The summed E-state index contributed by atoms with van der Waals surface area (Å²) in [6, 6.07) is 3.54. The molecule has 1 aromatic heterocycles. The second kappa shape index (κ2) is 6.03. The smallest absolute Gasteiger partial charge is 0.305 e. The summed E-state index contributed by atoms with van der Waals surface area (Å²) in [5.74, 6) is -1.09. The van der Waals surface area contributed by atoms with Gasteiger partial charge in [-0.1, -0.05) is 0 Å². The topological polar surface area (TPSA) is 70.5 Å². The van der Waals surface area contributed by atoms with Gasteiger partial charge < -0.3 is 10.0 Å². The number of rotatable bonds is 4. The standard InChI is InChI=1S/C15H22N2O3/c1-10-6-7-12(11(2)16-10)14(20)17(15(3,4)5)9-8-13(18)19/h6-7H,8-9H2,1-5H3,(H,18,19). The zero-order valence-electron chi connectivity index (χ0n) is 12.7. The molecule has 1 amide bonds. The minimum absolute atomic E-state index is 0.0681. The van der Waals surface area contributed by atoms with Crippen LogP contribution >= 0.6 is 0 Å². The van der Waals surface area contributed by atoms with Crippen LogP contribution in [0.2, 0.25) is 0 Å². The van der Waals surface area contributed by atoms with Crippen molar-refractivity contribution in [3.8, 4) is 0 Å². The lowest BCUT2D eigenvalue weighted by Gasteiger charge is -2.35. The molecule has 0 fully saturated rings. The molecule has 20 heavy (non-hydrogen) atoms. The van der Waals surface area contributed by atoms with Crippen molar-refractivity contribution in [2.45, 2.75) is 46.6 Å². The first-order valence-corrected chi connectivity index (χ1v) is 6.61. The molecule has 0 atom stereocenters. The molecule has 0 aromatic carbocycles. The van der Waals surface area contributed by atoms with Crippen LogP contribution in [0.15, 0.2) is 12.1 Å². The van der Waals surface area contributed by atoms with Gasteiger partial charge in [-0.05, 0) is 46.8 Å². The molecule has 0 saturated heterocycles. The summed E-state index contributed by atoms with van der Waals surface area (Å²) in [7, 11) is 0. The molecule has 110 valence electrons. The Morgan fingerprint density at radius 2 is 1.85 bits per heavy atom. The van der Waals surface area contributed by atoms with Gasteiger partial charge in [0.15, 0.2) is 0 Å². The van der Waals surface area contributed by atoms with Crippen molar-refractivity contribution in [1.29, 1.82) is 0 Å². The normalized spacial score (nSPS) is 11.2. The van der Waals surface area contributed by atoms with Gasteiger partial charge in [0, 0.05) is 17.8 Å². The van der Waals surface area contributed by atoms with Crippen molar-refractivity contribution < 1.29 is 14.7 Å². The third-order valence-corrected chi connectivity index (χ3v) is 3.06. The zero-order valence-corrected chi connectivity index (χ0v) is 12.7. The van der Waals surface area contributed by atoms with Gasteiger partial charge in [-0.2, -0.15) is 0 Å². The van der Waals surface area contributed by atoms with E-state index in [1.165, 1.54) is 0 Å². The average Bonchev–Trinajstić information content (AvgIpc) is 2.26. The number of pyridine rings is 1. The molecule has 1 N–H and O–H groups in total. The quantitative estimate of drug-likeness (QED) is 0.918. The average molecular weight is 278 g/mol. The van der Waals surface area contributed by atoms with Gasteiger partial charge in [0.25, 0.3) is 5.91 Å². The highest BCUT2D eigenvalue weighted by Gasteiger charge is 2.28. The minimum Gasteiger partial charge on any atom is -0.481 e. The number of nitrogens with zero attached hydrogens (tertiary/aromatic N) is 2. The fourth-order valence-corrected chi connectivity index (χ4v) is 2.01. The summed E-state index contributed by atoms with van der Waals surface area (Å²) >= 11 is 0. The summed E-state index contributed by atoms with van der Waals surface area (Å²) < 4.78 is 0. The Morgan fingerprint density at radius 3 is 2.30 bits per heavy atom. The molecule has 1 aromatic rings. The van der Waals surface area contributed by atoms with E-state index >= 15 is 0 Å². The van der Waals surface area contributed by atoms with Crippen LogP contribution in [0.5, 0.6) is 0 Å². The number of hydrogen-bond acceptors (Lipinski definition) is 3. The Balaban J connectivity index is 3.07. The van der Waals surface area contributed by atoms with Gasteiger partial charge in [0.2, 0.25) is 0 Å². The number of aliphatic carboxylic acids is 1. The molecule has 0 unspecified atom stereocenters. The monoisotopic (exact) mass is 278 g/mol. The van der Waals surface area contributed by atoms with Crippen molar-refractivity contribution in [1.82, 2.24) is 9.88 Å². The highest BCUT2D eigenvalue weighted by molar-refractivity contribution is 5.95. The highest BCUT2D eigenvalue weighted by atomic mass is 16.4. The van der Waals surface area contributed by atoms with Crippen LogP contribution < -0.4 is 0 Å². The summed E-state index contributed by atoms with van der Waals surface area (Å²) in [6.45, 7) is 9.52. The van der Waals surface area contributed by atoms with Crippen LogP contribution in [-0.2, 0) is 4.79 Å². The molecule has 0 aliphatic rings. The SMILES string of the molecule is Cc1ccc(C(=O)N(CCC(=O)O)C(C)(C)C)c(C)n1. The van der Waals surface area contributed by atoms with Crippen molar-refractivity contribution in [3.05, 3.63) is 29.1 Å². The molecule has 1 heterocycles. The molecule has 0 aliphatic carbocycles. The van der Waals surface area contributed by atoms with Crippen LogP contribution in [0.3, 0.4) is 0 Å². The van der Waals surface area contributed by atoms with E-state index in [0.717, 1.165) is 5.69 Å². The van der Waals surface area contributed by atoms with E-state index in [9.17, 15) is 9.59 Å². The first kappa shape index (κ1) is 16.1. The van der Waals surface area contributed by atoms with Crippen molar-refractivity contribution in [3.63, 3.8) is 0 Å².